The number of benzene rings is 1. The van der Waals surface area contributed by atoms with Crippen LogP contribution < -0.4 is 0 Å². The lowest BCUT2D eigenvalue weighted by Crippen LogP contribution is -2.25. The van der Waals surface area contributed by atoms with Crippen LogP contribution in [0.15, 0.2) is 18.2 Å². The molecular formula is C15H25NO. The third kappa shape index (κ3) is 4.14. The standard InChI is InChI=1S/C15H25NO/c1-5-16(6-2)10-9-15(17)14-8-7-12(3)11-13(14)4/h7-8,11,15,17H,5-6,9-10H2,1-4H3. The Bertz CT molecular complexity index is 345. The molecule has 0 saturated carbocycles. The zero-order valence-electron chi connectivity index (χ0n) is 11.5. The minimum absolute atomic E-state index is 0.337. The van der Waals surface area contributed by atoms with Gasteiger partial charge in [0.2, 0.25) is 0 Å². The first-order valence-electron chi connectivity index (χ1n) is 6.56. The van der Waals surface area contributed by atoms with Gasteiger partial charge in [0, 0.05) is 6.54 Å². The molecule has 1 unspecified atom stereocenters. The van der Waals surface area contributed by atoms with Gasteiger partial charge in [-0.15, -0.1) is 0 Å². The summed E-state index contributed by atoms with van der Waals surface area (Å²) in [6, 6.07) is 6.26. The van der Waals surface area contributed by atoms with Crippen molar-refractivity contribution in [2.45, 2.75) is 40.2 Å². The topological polar surface area (TPSA) is 23.5 Å². The van der Waals surface area contributed by atoms with Gasteiger partial charge in [-0.2, -0.15) is 0 Å². The summed E-state index contributed by atoms with van der Waals surface area (Å²) in [7, 11) is 0. The second-order valence-electron chi connectivity index (χ2n) is 4.69. The quantitative estimate of drug-likeness (QED) is 0.819. The van der Waals surface area contributed by atoms with E-state index in [4.69, 9.17) is 0 Å². The molecule has 1 atom stereocenters. The van der Waals surface area contributed by atoms with Crippen molar-refractivity contribution in [2.24, 2.45) is 0 Å². The van der Waals surface area contributed by atoms with Crippen LogP contribution in [0.3, 0.4) is 0 Å². The van der Waals surface area contributed by atoms with Crippen LogP contribution in [-0.2, 0) is 0 Å². The molecule has 0 aliphatic carbocycles. The molecule has 1 aromatic rings. The molecule has 1 aromatic carbocycles. The van der Waals surface area contributed by atoms with Gasteiger partial charge >= 0.3 is 0 Å². The molecule has 0 saturated heterocycles. The van der Waals surface area contributed by atoms with Crippen molar-refractivity contribution in [1.82, 2.24) is 4.90 Å². The molecule has 0 fully saturated rings. The van der Waals surface area contributed by atoms with Gasteiger partial charge in [-0.1, -0.05) is 37.6 Å². The highest BCUT2D eigenvalue weighted by atomic mass is 16.3. The van der Waals surface area contributed by atoms with E-state index < -0.39 is 0 Å². The first-order valence-corrected chi connectivity index (χ1v) is 6.56. The fourth-order valence-electron chi connectivity index (χ4n) is 2.20. The zero-order chi connectivity index (χ0) is 12.8. The minimum Gasteiger partial charge on any atom is -0.388 e. The summed E-state index contributed by atoms with van der Waals surface area (Å²) in [5.41, 5.74) is 3.52. The normalized spacial score (nSPS) is 13.1. The van der Waals surface area contributed by atoms with E-state index in [1.165, 1.54) is 11.1 Å². The lowest BCUT2D eigenvalue weighted by atomic mass is 9.99. The van der Waals surface area contributed by atoms with E-state index in [0.29, 0.717) is 0 Å². The molecule has 0 amide bonds. The largest absolute Gasteiger partial charge is 0.388 e. The van der Waals surface area contributed by atoms with E-state index in [1.54, 1.807) is 0 Å². The molecule has 0 spiro atoms. The third-order valence-corrected chi connectivity index (χ3v) is 3.40. The van der Waals surface area contributed by atoms with Gasteiger partial charge < -0.3 is 10.0 Å². The SMILES string of the molecule is CCN(CC)CCC(O)c1ccc(C)cc1C. The molecule has 0 aliphatic rings. The summed E-state index contributed by atoms with van der Waals surface area (Å²) < 4.78 is 0. The van der Waals surface area contributed by atoms with E-state index in [1.807, 2.05) is 0 Å². The van der Waals surface area contributed by atoms with Gasteiger partial charge in [-0.25, -0.2) is 0 Å². The number of aliphatic hydroxyl groups excluding tert-OH is 1. The van der Waals surface area contributed by atoms with E-state index in [2.05, 4.69) is 50.8 Å². The third-order valence-electron chi connectivity index (χ3n) is 3.40. The first kappa shape index (κ1) is 14.2. The van der Waals surface area contributed by atoms with Crippen LogP contribution in [0.5, 0.6) is 0 Å². The summed E-state index contributed by atoms with van der Waals surface area (Å²) in [4.78, 5) is 2.34. The fraction of sp³-hybridized carbons (Fsp3) is 0.600. The summed E-state index contributed by atoms with van der Waals surface area (Å²) in [6.07, 6.45) is 0.474. The van der Waals surface area contributed by atoms with Crippen LogP contribution in [0, 0.1) is 13.8 Å². The van der Waals surface area contributed by atoms with Crippen LogP contribution in [0.2, 0.25) is 0 Å². The van der Waals surface area contributed by atoms with Crippen molar-refractivity contribution in [1.29, 1.82) is 0 Å². The Balaban J connectivity index is 2.60. The van der Waals surface area contributed by atoms with E-state index in [-0.39, 0.29) is 6.10 Å². The highest BCUT2D eigenvalue weighted by Crippen LogP contribution is 2.21. The Morgan fingerprint density at radius 3 is 2.35 bits per heavy atom. The van der Waals surface area contributed by atoms with Crippen molar-refractivity contribution < 1.29 is 5.11 Å². The number of aryl methyl sites for hydroxylation is 2. The maximum Gasteiger partial charge on any atom is 0.0804 e. The van der Waals surface area contributed by atoms with Crippen LogP contribution in [0.4, 0.5) is 0 Å². The molecule has 0 aromatic heterocycles. The molecular weight excluding hydrogens is 210 g/mol. The number of hydrogen-bond donors (Lipinski definition) is 1. The molecule has 1 N–H and O–H groups in total. The molecule has 0 aliphatic heterocycles. The summed E-state index contributed by atoms with van der Waals surface area (Å²) in [5, 5.41) is 10.2. The van der Waals surface area contributed by atoms with Crippen LogP contribution in [0.1, 0.15) is 43.1 Å². The number of nitrogens with zero attached hydrogens (tertiary/aromatic N) is 1. The van der Waals surface area contributed by atoms with Crippen LogP contribution in [-0.4, -0.2) is 29.6 Å². The Labute approximate surface area is 105 Å². The van der Waals surface area contributed by atoms with Gasteiger partial charge in [-0.3, -0.25) is 0 Å². The molecule has 2 heteroatoms. The van der Waals surface area contributed by atoms with Crippen molar-refractivity contribution in [3.8, 4) is 0 Å². The van der Waals surface area contributed by atoms with Crippen molar-refractivity contribution in [2.75, 3.05) is 19.6 Å². The van der Waals surface area contributed by atoms with Crippen LogP contribution in [0.25, 0.3) is 0 Å². The Kier molecular flexibility index (Phi) is 5.66. The van der Waals surface area contributed by atoms with E-state index in [0.717, 1.165) is 31.6 Å². The van der Waals surface area contributed by atoms with Gasteiger partial charge in [0.15, 0.2) is 0 Å². The number of rotatable bonds is 6. The van der Waals surface area contributed by atoms with E-state index >= 15 is 0 Å². The smallest absolute Gasteiger partial charge is 0.0804 e. The minimum atomic E-state index is -0.337. The fourth-order valence-corrected chi connectivity index (χ4v) is 2.20. The lowest BCUT2D eigenvalue weighted by Gasteiger charge is -2.21. The molecule has 2 nitrogen and oxygen atoms in total. The number of aliphatic hydroxyl groups is 1. The van der Waals surface area contributed by atoms with Gasteiger partial charge in [0.25, 0.3) is 0 Å². The highest BCUT2D eigenvalue weighted by Gasteiger charge is 2.11. The first-order chi connectivity index (χ1) is 8.08. The van der Waals surface area contributed by atoms with Gasteiger partial charge in [0.1, 0.15) is 0 Å². The van der Waals surface area contributed by atoms with Gasteiger partial charge in [0.05, 0.1) is 6.10 Å². The summed E-state index contributed by atoms with van der Waals surface area (Å²) in [6.45, 7) is 11.5. The number of hydrogen-bond acceptors (Lipinski definition) is 2. The molecule has 0 heterocycles. The average molecular weight is 235 g/mol. The molecule has 0 radical (unpaired) electrons. The van der Waals surface area contributed by atoms with Crippen LogP contribution >= 0.6 is 0 Å². The molecule has 96 valence electrons. The maximum atomic E-state index is 10.2. The average Bonchev–Trinajstić information content (AvgIpc) is 2.30. The second kappa shape index (κ2) is 6.77. The maximum absolute atomic E-state index is 10.2. The van der Waals surface area contributed by atoms with Gasteiger partial charge in [-0.05, 0) is 44.5 Å². The van der Waals surface area contributed by atoms with Crippen molar-refractivity contribution in [3.05, 3.63) is 34.9 Å². The van der Waals surface area contributed by atoms with Crippen molar-refractivity contribution in [3.63, 3.8) is 0 Å². The highest BCUT2D eigenvalue weighted by molar-refractivity contribution is 5.31. The second-order valence-corrected chi connectivity index (χ2v) is 4.69. The predicted octanol–water partition coefficient (Wildman–Crippen LogP) is 3.07. The monoisotopic (exact) mass is 235 g/mol. The van der Waals surface area contributed by atoms with Crippen molar-refractivity contribution >= 4 is 0 Å². The Morgan fingerprint density at radius 2 is 1.82 bits per heavy atom. The van der Waals surface area contributed by atoms with E-state index in [9.17, 15) is 5.11 Å². The zero-order valence-corrected chi connectivity index (χ0v) is 11.5. The lowest BCUT2D eigenvalue weighted by molar-refractivity contribution is 0.144. The Hall–Kier alpha value is -0.860. The Morgan fingerprint density at radius 1 is 1.18 bits per heavy atom. The molecule has 17 heavy (non-hydrogen) atoms. The molecule has 0 bridgehead atoms. The summed E-state index contributed by atoms with van der Waals surface area (Å²) >= 11 is 0. The molecule has 1 rings (SSSR count). The predicted molar refractivity (Wildman–Crippen MR) is 73.3 cm³/mol. The summed E-state index contributed by atoms with van der Waals surface area (Å²) in [5.74, 6) is 0.